The van der Waals surface area contributed by atoms with Crippen molar-refractivity contribution in [3.63, 3.8) is 0 Å². The van der Waals surface area contributed by atoms with E-state index in [1.165, 1.54) is 30.3 Å². The van der Waals surface area contributed by atoms with Crippen molar-refractivity contribution in [1.82, 2.24) is 15.3 Å². The van der Waals surface area contributed by atoms with Gasteiger partial charge in [-0.25, -0.2) is 9.97 Å². The van der Waals surface area contributed by atoms with Gasteiger partial charge in [-0.15, -0.1) is 0 Å². The van der Waals surface area contributed by atoms with E-state index < -0.39 is 0 Å². The van der Waals surface area contributed by atoms with Crippen molar-refractivity contribution in [2.45, 2.75) is 45.2 Å². The SMILES string of the molecule is Cc1ccccc1CNc1cc(C(=O)NC2CCCC2)ncn1. The van der Waals surface area contributed by atoms with Gasteiger partial charge in [0.15, 0.2) is 0 Å². The Kier molecular flexibility index (Phi) is 4.86. The van der Waals surface area contributed by atoms with Crippen LogP contribution in [0.4, 0.5) is 5.82 Å². The van der Waals surface area contributed by atoms with Gasteiger partial charge in [0, 0.05) is 18.7 Å². The number of hydrogen-bond acceptors (Lipinski definition) is 4. The maximum absolute atomic E-state index is 12.3. The van der Waals surface area contributed by atoms with E-state index >= 15 is 0 Å². The number of anilines is 1. The molecule has 120 valence electrons. The van der Waals surface area contributed by atoms with Gasteiger partial charge >= 0.3 is 0 Å². The summed E-state index contributed by atoms with van der Waals surface area (Å²) in [4.78, 5) is 20.5. The number of rotatable bonds is 5. The zero-order chi connectivity index (χ0) is 16.1. The van der Waals surface area contributed by atoms with E-state index in [0.717, 1.165) is 12.8 Å². The van der Waals surface area contributed by atoms with Crippen LogP contribution in [0.15, 0.2) is 36.7 Å². The zero-order valence-corrected chi connectivity index (χ0v) is 13.4. The number of carbonyl (C=O) groups is 1. The van der Waals surface area contributed by atoms with Gasteiger partial charge in [0.1, 0.15) is 17.8 Å². The maximum Gasteiger partial charge on any atom is 0.270 e. The minimum Gasteiger partial charge on any atom is -0.366 e. The maximum atomic E-state index is 12.3. The minimum atomic E-state index is -0.113. The molecule has 5 heteroatoms. The average Bonchev–Trinajstić information content (AvgIpc) is 3.07. The summed E-state index contributed by atoms with van der Waals surface area (Å²) in [6.45, 7) is 2.75. The van der Waals surface area contributed by atoms with E-state index in [-0.39, 0.29) is 5.91 Å². The lowest BCUT2D eigenvalue weighted by Crippen LogP contribution is -2.33. The van der Waals surface area contributed by atoms with Gasteiger partial charge in [0.05, 0.1) is 0 Å². The first-order chi connectivity index (χ1) is 11.2. The Balaban J connectivity index is 1.62. The molecule has 1 saturated carbocycles. The van der Waals surface area contributed by atoms with Crippen LogP contribution < -0.4 is 10.6 Å². The number of benzene rings is 1. The van der Waals surface area contributed by atoms with Crippen LogP contribution in [0.1, 0.15) is 47.3 Å². The molecule has 23 heavy (non-hydrogen) atoms. The summed E-state index contributed by atoms with van der Waals surface area (Å²) in [5.41, 5.74) is 2.86. The predicted molar refractivity (Wildman–Crippen MR) is 90.3 cm³/mol. The van der Waals surface area contributed by atoms with Crippen LogP contribution in [0.3, 0.4) is 0 Å². The number of hydrogen-bond donors (Lipinski definition) is 2. The highest BCUT2D eigenvalue weighted by molar-refractivity contribution is 5.93. The van der Waals surface area contributed by atoms with Gasteiger partial charge in [-0.05, 0) is 30.9 Å². The van der Waals surface area contributed by atoms with Gasteiger partial charge in [-0.2, -0.15) is 0 Å². The molecule has 0 unspecified atom stereocenters. The molecule has 1 fully saturated rings. The van der Waals surface area contributed by atoms with Crippen molar-refractivity contribution in [3.05, 3.63) is 53.5 Å². The number of carbonyl (C=O) groups excluding carboxylic acids is 1. The molecule has 2 aromatic rings. The van der Waals surface area contributed by atoms with Gasteiger partial charge in [-0.3, -0.25) is 4.79 Å². The summed E-state index contributed by atoms with van der Waals surface area (Å²) in [6.07, 6.45) is 5.95. The van der Waals surface area contributed by atoms with Crippen molar-refractivity contribution in [1.29, 1.82) is 0 Å². The van der Waals surface area contributed by atoms with Gasteiger partial charge < -0.3 is 10.6 Å². The van der Waals surface area contributed by atoms with E-state index in [2.05, 4.69) is 39.7 Å². The van der Waals surface area contributed by atoms with Gasteiger partial charge in [-0.1, -0.05) is 37.1 Å². The molecule has 1 aromatic carbocycles. The molecule has 5 nitrogen and oxygen atoms in total. The molecule has 2 N–H and O–H groups in total. The third-order valence-corrected chi connectivity index (χ3v) is 4.31. The smallest absolute Gasteiger partial charge is 0.270 e. The van der Waals surface area contributed by atoms with Crippen LogP contribution in [0, 0.1) is 6.92 Å². The van der Waals surface area contributed by atoms with E-state index in [4.69, 9.17) is 0 Å². The molecule has 0 radical (unpaired) electrons. The summed E-state index contributed by atoms with van der Waals surface area (Å²) >= 11 is 0. The van der Waals surface area contributed by atoms with Gasteiger partial charge in [0.25, 0.3) is 5.91 Å². The molecular formula is C18H22N4O. The van der Waals surface area contributed by atoms with Crippen LogP contribution in [0.5, 0.6) is 0 Å². The highest BCUT2D eigenvalue weighted by Crippen LogP contribution is 2.18. The highest BCUT2D eigenvalue weighted by Gasteiger charge is 2.18. The van der Waals surface area contributed by atoms with E-state index in [0.29, 0.717) is 24.1 Å². The molecule has 0 bridgehead atoms. The Labute approximate surface area is 136 Å². The van der Waals surface area contributed by atoms with Crippen molar-refractivity contribution in [2.24, 2.45) is 0 Å². The Morgan fingerprint density at radius 1 is 1.22 bits per heavy atom. The van der Waals surface area contributed by atoms with Crippen molar-refractivity contribution < 1.29 is 4.79 Å². The summed E-state index contributed by atoms with van der Waals surface area (Å²) in [5, 5.41) is 6.31. The fourth-order valence-electron chi connectivity index (χ4n) is 2.90. The van der Waals surface area contributed by atoms with Crippen molar-refractivity contribution >= 4 is 11.7 Å². The molecule has 1 heterocycles. The highest BCUT2D eigenvalue weighted by atomic mass is 16.1. The summed E-state index contributed by atoms with van der Waals surface area (Å²) in [5.74, 6) is 0.554. The van der Waals surface area contributed by atoms with E-state index in [1.807, 2.05) is 12.1 Å². The average molecular weight is 310 g/mol. The van der Waals surface area contributed by atoms with E-state index in [1.54, 1.807) is 6.07 Å². The third kappa shape index (κ3) is 4.06. The molecule has 0 atom stereocenters. The molecule has 1 aromatic heterocycles. The lowest BCUT2D eigenvalue weighted by molar-refractivity contribution is 0.0932. The summed E-state index contributed by atoms with van der Waals surface area (Å²) in [7, 11) is 0. The largest absolute Gasteiger partial charge is 0.366 e. The Bertz CT molecular complexity index is 680. The van der Waals surface area contributed by atoms with Crippen LogP contribution in [-0.2, 0) is 6.54 Å². The number of aryl methyl sites for hydroxylation is 1. The molecule has 1 amide bonds. The first-order valence-electron chi connectivity index (χ1n) is 8.13. The monoisotopic (exact) mass is 310 g/mol. The van der Waals surface area contributed by atoms with Crippen LogP contribution >= 0.6 is 0 Å². The van der Waals surface area contributed by atoms with Gasteiger partial charge in [0.2, 0.25) is 0 Å². The van der Waals surface area contributed by atoms with Crippen LogP contribution in [0.2, 0.25) is 0 Å². The minimum absolute atomic E-state index is 0.113. The predicted octanol–water partition coefficient (Wildman–Crippen LogP) is 3.07. The summed E-state index contributed by atoms with van der Waals surface area (Å²) in [6, 6.07) is 10.2. The molecule has 0 spiro atoms. The topological polar surface area (TPSA) is 66.9 Å². The number of nitrogens with one attached hydrogen (secondary N) is 2. The van der Waals surface area contributed by atoms with Crippen LogP contribution in [0.25, 0.3) is 0 Å². The number of aromatic nitrogens is 2. The fourth-order valence-corrected chi connectivity index (χ4v) is 2.90. The fraction of sp³-hybridized carbons (Fsp3) is 0.389. The van der Waals surface area contributed by atoms with Crippen molar-refractivity contribution in [3.8, 4) is 0 Å². The second kappa shape index (κ2) is 7.22. The lowest BCUT2D eigenvalue weighted by Gasteiger charge is -2.12. The van der Waals surface area contributed by atoms with Crippen LogP contribution in [-0.4, -0.2) is 21.9 Å². The molecule has 1 aliphatic rings. The van der Waals surface area contributed by atoms with Crippen molar-refractivity contribution in [2.75, 3.05) is 5.32 Å². The Morgan fingerprint density at radius 2 is 2.00 bits per heavy atom. The first kappa shape index (κ1) is 15.5. The molecule has 0 saturated heterocycles. The standard InChI is InChI=1S/C18H22N4O/c1-13-6-2-3-7-14(13)11-19-17-10-16(20-12-21-17)18(23)22-15-8-4-5-9-15/h2-3,6-7,10,12,15H,4-5,8-9,11H2,1H3,(H,22,23)(H,19,20,21). The quantitative estimate of drug-likeness (QED) is 0.890. The number of amides is 1. The molecule has 3 rings (SSSR count). The molecular weight excluding hydrogens is 288 g/mol. The second-order valence-electron chi connectivity index (χ2n) is 6.02. The van der Waals surface area contributed by atoms with E-state index in [9.17, 15) is 4.79 Å². The Morgan fingerprint density at radius 3 is 2.78 bits per heavy atom. The summed E-state index contributed by atoms with van der Waals surface area (Å²) < 4.78 is 0. The lowest BCUT2D eigenvalue weighted by atomic mass is 10.1. The third-order valence-electron chi connectivity index (χ3n) is 4.31. The molecule has 0 aliphatic heterocycles. The zero-order valence-electron chi connectivity index (χ0n) is 13.4. The number of nitrogens with zero attached hydrogens (tertiary/aromatic N) is 2. The normalized spacial score (nSPS) is 14.7. The second-order valence-corrected chi connectivity index (χ2v) is 6.02. The Hall–Kier alpha value is -2.43. The molecule has 1 aliphatic carbocycles. The first-order valence-corrected chi connectivity index (χ1v) is 8.13.